The highest BCUT2D eigenvalue weighted by Gasteiger charge is 2.14. The fraction of sp³-hybridized carbons (Fsp3) is 0.462. The van der Waals surface area contributed by atoms with Crippen molar-refractivity contribution in [2.75, 3.05) is 20.3 Å². The molecule has 4 nitrogen and oxygen atoms in total. The Bertz CT molecular complexity index is 403. The van der Waals surface area contributed by atoms with E-state index >= 15 is 0 Å². The first-order valence-electron chi connectivity index (χ1n) is 5.75. The van der Waals surface area contributed by atoms with Crippen LogP contribution < -0.4 is 5.32 Å². The number of carbonyl (C=O) groups is 1. The highest BCUT2D eigenvalue weighted by atomic mass is 19.1. The Morgan fingerprint density at radius 3 is 2.83 bits per heavy atom. The SMILES string of the molecule is COCC(CCO)NC(=O)c1ccc(F)c(C)c1. The molecule has 0 heterocycles. The van der Waals surface area contributed by atoms with Gasteiger partial charge in [0.2, 0.25) is 0 Å². The van der Waals surface area contributed by atoms with Crippen molar-refractivity contribution in [1.29, 1.82) is 0 Å². The van der Waals surface area contributed by atoms with Crippen molar-refractivity contribution >= 4 is 5.91 Å². The van der Waals surface area contributed by atoms with Gasteiger partial charge in [-0.2, -0.15) is 0 Å². The molecule has 1 unspecified atom stereocenters. The van der Waals surface area contributed by atoms with Crippen molar-refractivity contribution in [2.45, 2.75) is 19.4 Å². The summed E-state index contributed by atoms with van der Waals surface area (Å²) in [7, 11) is 1.53. The minimum atomic E-state index is -0.338. The molecule has 0 aliphatic carbocycles. The zero-order chi connectivity index (χ0) is 13.5. The van der Waals surface area contributed by atoms with E-state index in [9.17, 15) is 9.18 Å². The van der Waals surface area contributed by atoms with Crippen LogP contribution in [-0.2, 0) is 4.74 Å². The molecule has 18 heavy (non-hydrogen) atoms. The number of hydrogen-bond acceptors (Lipinski definition) is 3. The predicted molar refractivity (Wildman–Crippen MR) is 66.0 cm³/mol. The Morgan fingerprint density at radius 2 is 2.28 bits per heavy atom. The third kappa shape index (κ3) is 4.09. The Balaban J connectivity index is 2.70. The number of aliphatic hydroxyl groups is 1. The summed E-state index contributed by atoms with van der Waals surface area (Å²) in [6, 6.07) is 3.94. The van der Waals surface area contributed by atoms with Gasteiger partial charge in [-0.1, -0.05) is 0 Å². The number of benzene rings is 1. The van der Waals surface area contributed by atoms with Gasteiger partial charge in [0.05, 0.1) is 12.6 Å². The molecule has 0 spiro atoms. The van der Waals surface area contributed by atoms with Crippen molar-refractivity contribution in [3.63, 3.8) is 0 Å². The summed E-state index contributed by atoms with van der Waals surface area (Å²) in [5.41, 5.74) is 0.820. The predicted octanol–water partition coefficient (Wildman–Crippen LogP) is 1.26. The number of methoxy groups -OCH3 is 1. The van der Waals surface area contributed by atoms with Gasteiger partial charge in [-0.15, -0.1) is 0 Å². The maximum absolute atomic E-state index is 13.1. The van der Waals surface area contributed by atoms with Gasteiger partial charge in [0, 0.05) is 19.3 Å². The number of nitrogens with one attached hydrogen (secondary N) is 1. The molecule has 0 aliphatic rings. The van der Waals surface area contributed by atoms with Crippen LogP contribution in [0, 0.1) is 12.7 Å². The number of carbonyl (C=O) groups excluding carboxylic acids is 1. The summed E-state index contributed by atoms with van der Waals surface area (Å²) in [6.45, 7) is 1.90. The molecule has 0 saturated heterocycles. The molecule has 5 heteroatoms. The molecule has 0 radical (unpaired) electrons. The number of halogens is 1. The second kappa shape index (κ2) is 7.08. The quantitative estimate of drug-likeness (QED) is 0.804. The normalized spacial score (nSPS) is 12.2. The standard InChI is InChI=1S/C13H18FNO3/c1-9-7-10(3-4-12(9)14)13(17)15-11(5-6-16)8-18-2/h3-4,7,11,16H,5-6,8H2,1-2H3,(H,15,17). The van der Waals surface area contributed by atoms with Crippen LogP contribution in [0.25, 0.3) is 0 Å². The highest BCUT2D eigenvalue weighted by molar-refractivity contribution is 5.94. The minimum Gasteiger partial charge on any atom is -0.396 e. The van der Waals surface area contributed by atoms with E-state index in [2.05, 4.69) is 5.32 Å². The first kappa shape index (κ1) is 14.6. The highest BCUT2D eigenvalue weighted by Crippen LogP contribution is 2.09. The van der Waals surface area contributed by atoms with Gasteiger partial charge in [-0.05, 0) is 37.1 Å². The van der Waals surface area contributed by atoms with Gasteiger partial charge < -0.3 is 15.2 Å². The second-order valence-corrected chi connectivity index (χ2v) is 4.10. The van der Waals surface area contributed by atoms with E-state index in [-0.39, 0.29) is 24.4 Å². The number of aliphatic hydroxyl groups excluding tert-OH is 1. The summed E-state index contributed by atoms with van der Waals surface area (Å²) in [5, 5.41) is 11.6. The lowest BCUT2D eigenvalue weighted by molar-refractivity contribution is 0.0878. The summed E-state index contributed by atoms with van der Waals surface area (Å²) in [4.78, 5) is 11.9. The maximum Gasteiger partial charge on any atom is 0.251 e. The van der Waals surface area contributed by atoms with E-state index in [0.29, 0.717) is 24.2 Å². The van der Waals surface area contributed by atoms with Gasteiger partial charge in [0.25, 0.3) is 5.91 Å². The van der Waals surface area contributed by atoms with Gasteiger partial charge in [-0.25, -0.2) is 4.39 Å². The van der Waals surface area contributed by atoms with Gasteiger partial charge in [0.15, 0.2) is 0 Å². The van der Waals surface area contributed by atoms with E-state index in [4.69, 9.17) is 9.84 Å². The molecule has 1 atom stereocenters. The average molecular weight is 255 g/mol. The van der Waals surface area contributed by atoms with E-state index in [1.165, 1.54) is 25.3 Å². The molecule has 100 valence electrons. The maximum atomic E-state index is 13.1. The molecule has 1 aromatic carbocycles. The largest absolute Gasteiger partial charge is 0.396 e. The Labute approximate surface area is 106 Å². The molecule has 1 amide bonds. The van der Waals surface area contributed by atoms with Crippen LogP contribution in [0.5, 0.6) is 0 Å². The number of amides is 1. The van der Waals surface area contributed by atoms with E-state index in [0.717, 1.165) is 0 Å². The topological polar surface area (TPSA) is 58.6 Å². The molecule has 2 N–H and O–H groups in total. The molecule has 1 rings (SSSR count). The van der Waals surface area contributed by atoms with Crippen molar-refractivity contribution in [3.05, 3.63) is 35.1 Å². The lowest BCUT2D eigenvalue weighted by atomic mass is 10.1. The average Bonchev–Trinajstić information content (AvgIpc) is 2.33. The van der Waals surface area contributed by atoms with Crippen LogP contribution in [0.2, 0.25) is 0 Å². The molecule has 0 fully saturated rings. The Kier molecular flexibility index (Phi) is 5.74. The van der Waals surface area contributed by atoms with Crippen LogP contribution in [0.3, 0.4) is 0 Å². The van der Waals surface area contributed by atoms with Crippen molar-refractivity contribution in [2.24, 2.45) is 0 Å². The first-order chi connectivity index (χ1) is 8.58. The monoisotopic (exact) mass is 255 g/mol. The van der Waals surface area contributed by atoms with Crippen LogP contribution >= 0.6 is 0 Å². The van der Waals surface area contributed by atoms with Crippen molar-refractivity contribution in [3.8, 4) is 0 Å². The minimum absolute atomic E-state index is 0.0310. The first-order valence-corrected chi connectivity index (χ1v) is 5.75. The molecule has 0 aromatic heterocycles. The number of ether oxygens (including phenoxy) is 1. The summed E-state index contributed by atoms with van der Waals surface area (Å²) in [5.74, 6) is -0.635. The molecular formula is C13H18FNO3. The van der Waals surface area contributed by atoms with Gasteiger partial charge >= 0.3 is 0 Å². The lowest BCUT2D eigenvalue weighted by Crippen LogP contribution is -2.38. The fourth-order valence-electron chi connectivity index (χ4n) is 1.61. The van der Waals surface area contributed by atoms with Gasteiger partial charge in [0.1, 0.15) is 5.82 Å². The summed E-state index contributed by atoms with van der Waals surface area (Å²) >= 11 is 0. The molecule has 0 aliphatic heterocycles. The Morgan fingerprint density at radius 1 is 1.56 bits per heavy atom. The van der Waals surface area contributed by atoms with Gasteiger partial charge in [-0.3, -0.25) is 4.79 Å². The third-order valence-corrected chi connectivity index (χ3v) is 2.60. The Hall–Kier alpha value is -1.46. The fourth-order valence-corrected chi connectivity index (χ4v) is 1.61. The zero-order valence-electron chi connectivity index (χ0n) is 10.6. The van der Waals surface area contributed by atoms with Crippen LogP contribution in [0.15, 0.2) is 18.2 Å². The second-order valence-electron chi connectivity index (χ2n) is 4.10. The smallest absolute Gasteiger partial charge is 0.251 e. The van der Waals surface area contributed by atoms with E-state index < -0.39 is 0 Å². The molecule has 1 aromatic rings. The number of rotatable bonds is 6. The summed E-state index contributed by atoms with van der Waals surface area (Å²) < 4.78 is 18.0. The molecular weight excluding hydrogens is 237 g/mol. The van der Waals surface area contributed by atoms with E-state index in [1.807, 2.05) is 0 Å². The van der Waals surface area contributed by atoms with Crippen LogP contribution in [0.4, 0.5) is 4.39 Å². The zero-order valence-corrected chi connectivity index (χ0v) is 10.6. The van der Waals surface area contributed by atoms with E-state index in [1.54, 1.807) is 6.92 Å². The number of aryl methyl sites for hydroxylation is 1. The van der Waals surface area contributed by atoms with Crippen LogP contribution in [0.1, 0.15) is 22.3 Å². The van der Waals surface area contributed by atoms with Crippen LogP contribution in [-0.4, -0.2) is 37.4 Å². The lowest BCUT2D eigenvalue weighted by Gasteiger charge is -2.17. The summed E-state index contributed by atoms with van der Waals surface area (Å²) in [6.07, 6.45) is 0.416. The van der Waals surface area contributed by atoms with Crippen molar-refractivity contribution in [1.82, 2.24) is 5.32 Å². The molecule has 0 saturated carbocycles. The third-order valence-electron chi connectivity index (χ3n) is 2.60. The van der Waals surface area contributed by atoms with Crippen molar-refractivity contribution < 1.29 is 19.0 Å². The number of hydrogen-bond donors (Lipinski definition) is 2. The molecule has 0 bridgehead atoms.